The lowest BCUT2D eigenvalue weighted by Crippen LogP contribution is -2.26. The molecular weight excluding hydrogens is 122 g/mol. The molecule has 0 unspecified atom stereocenters. The largest absolute Gasteiger partial charge is 0.304 e. The third kappa shape index (κ3) is 2.70. The van der Waals surface area contributed by atoms with Gasteiger partial charge < -0.3 is 4.90 Å². The summed E-state index contributed by atoms with van der Waals surface area (Å²) in [5.41, 5.74) is 0. The maximum absolute atomic E-state index is 2.57. The van der Waals surface area contributed by atoms with E-state index in [-0.39, 0.29) is 0 Å². The molecule has 1 heterocycles. The minimum absolute atomic E-state index is 1.25. The van der Waals surface area contributed by atoms with Crippen LogP contribution in [0.15, 0.2) is 0 Å². The summed E-state index contributed by atoms with van der Waals surface area (Å²) in [5, 5.41) is 0. The molecule has 1 fully saturated rings. The van der Waals surface area contributed by atoms with Crippen molar-refractivity contribution in [2.75, 3.05) is 19.6 Å². The Hall–Kier alpha value is -0.0400. The summed E-state index contributed by atoms with van der Waals surface area (Å²) in [6.07, 6.45) is 7.23. The van der Waals surface area contributed by atoms with E-state index < -0.39 is 0 Å². The van der Waals surface area contributed by atoms with Crippen LogP contribution in [0, 0.1) is 0 Å². The molecule has 0 bridgehead atoms. The van der Waals surface area contributed by atoms with Gasteiger partial charge in [-0.1, -0.05) is 26.2 Å². The fourth-order valence-electron chi connectivity index (χ4n) is 1.63. The summed E-state index contributed by atoms with van der Waals surface area (Å²) >= 11 is 0. The van der Waals surface area contributed by atoms with Crippen LogP contribution in [0.1, 0.15) is 39.0 Å². The highest BCUT2D eigenvalue weighted by Crippen LogP contribution is 2.09. The summed E-state index contributed by atoms with van der Waals surface area (Å²) in [4.78, 5) is 2.57. The maximum Gasteiger partial charge on any atom is -0.00189 e. The Morgan fingerprint density at radius 1 is 0.900 bits per heavy atom. The molecule has 0 aliphatic carbocycles. The molecule has 0 aromatic rings. The standard InChI is InChI=1S/C9H19N/c1-2-10-8-6-4-3-5-7-9-10/h2-9H2,1H3. The lowest BCUT2D eigenvalue weighted by molar-refractivity contribution is 0.259. The summed E-state index contributed by atoms with van der Waals surface area (Å²) in [6.45, 7) is 6.20. The van der Waals surface area contributed by atoms with Crippen molar-refractivity contribution in [1.82, 2.24) is 4.90 Å². The first-order valence-electron chi connectivity index (χ1n) is 4.66. The van der Waals surface area contributed by atoms with Gasteiger partial charge in [0.15, 0.2) is 0 Å². The second kappa shape index (κ2) is 4.73. The van der Waals surface area contributed by atoms with Gasteiger partial charge in [-0.05, 0) is 32.5 Å². The number of nitrogens with zero attached hydrogens (tertiary/aromatic N) is 1. The van der Waals surface area contributed by atoms with Crippen LogP contribution in [-0.2, 0) is 0 Å². The number of likely N-dealkylation sites (tertiary alicyclic amines) is 1. The molecule has 10 heavy (non-hydrogen) atoms. The molecule has 1 nitrogen and oxygen atoms in total. The van der Waals surface area contributed by atoms with Crippen LogP contribution in [0.5, 0.6) is 0 Å². The van der Waals surface area contributed by atoms with Crippen LogP contribution in [0.4, 0.5) is 0 Å². The lowest BCUT2D eigenvalue weighted by atomic mass is 10.1. The molecule has 0 saturated carbocycles. The Bertz CT molecular complexity index is 72.8. The van der Waals surface area contributed by atoms with Crippen LogP contribution in [0.3, 0.4) is 0 Å². The molecule has 0 amide bonds. The van der Waals surface area contributed by atoms with Crippen molar-refractivity contribution >= 4 is 0 Å². The quantitative estimate of drug-likeness (QED) is 0.541. The smallest absolute Gasteiger partial charge is 0.00189 e. The van der Waals surface area contributed by atoms with Crippen molar-refractivity contribution in [3.63, 3.8) is 0 Å². The lowest BCUT2D eigenvalue weighted by Gasteiger charge is -2.22. The van der Waals surface area contributed by atoms with E-state index >= 15 is 0 Å². The Morgan fingerprint density at radius 3 is 1.90 bits per heavy atom. The van der Waals surface area contributed by atoms with E-state index in [1.165, 1.54) is 51.7 Å². The van der Waals surface area contributed by atoms with Crippen molar-refractivity contribution in [3.8, 4) is 0 Å². The minimum Gasteiger partial charge on any atom is -0.304 e. The molecule has 0 atom stereocenters. The monoisotopic (exact) mass is 141 g/mol. The molecule has 1 heteroatoms. The second-order valence-corrected chi connectivity index (χ2v) is 3.20. The first-order valence-corrected chi connectivity index (χ1v) is 4.66. The van der Waals surface area contributed by atoms with Gasteiger partial charge in [-0.2, -0.15) is 0 Å². The molecule has 1 rings (SSSR count). The van der Waals surface area contributed by atoms with E-state index in [0.717, 1.165) is 0 Å². The molecule has 0 aromatic heterocycles. The zero-order valence-corrected chi connectivity index (χ0v) is 7.10. The van der Waals surface area contributed by atoms with E-state index in [0.29, 0.717) is 0 Å². The van der Waals surface area contributed by atoms with Gasteiger partial charge in [0.2, 0.25) is 0 Å². The van der Waals surface area contributed by atoms with Crippen molar-refractivity contribution in [2.24, 2.45) is 0 Å². The molecule has 0 spiro atoms. The maximum atomic E-state index is 2.57. The molecule has 1 aliphatic rings. The van der Waals surface area contributed by atoms with Crippen LogP contribution in [0.25, 0.3) is 0 Å². The van der Waals surface area contributed by atoms with Crippen LogP contribution >= 0.6 is 0 Å². The molecular formula is C9H19N. The third-order valence-corrected chi connectivity index (χ3v) is 2.40. The normalized spacial score (nSPS) is 23.7. The number of hydrogen-bond donors (Lipinski definition) is 0. The van der Waals surface area contributed by atoms with E-state index in [4.69, 9.17) is 0 Å². The zero-order valence-electron chi connectivity index (χ0n) is 7.10. The number of rotatable bonds is 1. The van der Waals surface area contributed by atoms with Gasteiger partial charge in [0.25, 0.3) is 0 Å². The van der Waals surface area contributed by atoms with Crippen LogP contribution in [0.2, 0.25) is 0 Å². The predicted octanol–water partition coefficient (Wildman–Crippen LogP) is 2.27. The molecule has 1 saturated heterocycles. The van der Waals surface area contributed by atoms with Crippen LogP contribution < -0.4 is 0 Å². The Kier molecular flexibility index (Phi) is 3.81. The topological polar surface area (TPSA) is 3.24 Å². The molecule has 0 aromatic carbocycles. The Labute approximate surface area is 64.4 Å². The van der Waals surface area contributed by atoms with Gasteiger partial charge >= 0.3 is 0 Å². The van der Waals surface area contributed by atoms with Gasteiger partial charge in [0.1, 0.15) is 0 Å². The average molecular weight is 141 g/mol. The molecule has 60 valence electrons. The first kappa shape index (κ1) is 8.06. The van der Waals surface area contributed by atoms with Crippen molar-refractivity contribution in [1.29, 1.82) is 0 Å². The fourth-order valence-corrected chi connectivity index (χ4v) is 1.63. The highest BCUT2D eigenvalue weighted by atomic mass is 15.1. The zero-order chi connectivity index (χ0) is 7.23. The highest BCUT2D eigenvalue weighted by molar-refractivity contribution is 4.59. The van der Waals surface area contributed by atoms with Gasteiger partial charge in [-0.15, -0.1) is 0 Å². The van der Waals surface area contributed by atoms with Crippen LogP contribution in [-0.4, -0.2) is 24.5 Å². The highest BCUT2D eigenvalue weighted by Gasteiger charge is 2.04. The second-order valence-electron chi connectivity index (χ2n) is 3.20. The number of hydrogen-bond acceptors (Lipinski definition) is 1. The van der Waals surface area contributed by atoms with E-state index in [1.54, 1.807) is 0 Å². The third-order valence-electron chi connectivity index (χ3n) is 2.40. The summed E-state index contributed by atoms with van der Waals surface area (Å²) in [7, 11) is 0. The first-order chi connectivity index (χ1) is 4.93. The van der Waals surface area contributed by atoms with Gasteiger partial charge in [-0.25, -0.2) is 0 Å². The van der Waals surface area contributed by atoms with Gasteiger partial charge in [0.05, 0.1) is 0 Å². The summed E-state index contributed by atoms with van der Waals surface area (Å²) in [6, 6.07) is 0. The minimum atomic E-state index is 1.25. The van der Waals surface area contributed by atoms with Crippen molar-refractivity contribution in [3.05, 3.63) is 0 Å². The molecule has 0 N–H and O–H groups in total. The summed E-state index contributed by atoms with van der Waals surface area (Å²) < 4.78 is 0. The van der Waals surface area contributed by atoms with E-state index in [1.807, 2.05) is 0 Å². The SMILES string of the molecule is CCN1CCCCCCC1. The van der Waals surface area contributed by atoms with E-state index in [2.05, 4.69) is 11.8 Å². The Balaban J connectivity index is 2.16. The summed E-state index contributed by atoms with van der Waals surface area (Å²) in [5.74, 6) is 0. The Morgan fingerprint density at radius 2 is 1.40 bits per heavy atom. The van der Waals surface area contributed by atoms with Gasteiger partial charge in [-0.3, -0.25) is 0 Å². The average Bonchev–Trinajstić information content (AvgIpc) is 1.87. The van der Waals surface area contributed by atoms with Crippen molar-refractivity contribution in [2.45, 2.75) is 39.0 Å². The predicted molar refractivity (Wildman–Crippen MR) is 45.2 cm³/mol. The van der Waals surface area contributed by atoms with Gasteiger partial charge in [0, 0.05) is 0 Å². The molecule has 1 aliphatic heterocycles. The van der Waals surface area contributed by atoms with Crippen molar-refractivity contribution < 1.29 is 0 Å². The molecule has 0 radical (unpaired) electrons. The van der Waals surface area contributed by atoms with E-state index in [9.17, 15) is 0 Å². The fraction of sp³-hybridized carbons (Fsp3) is 1.00.